The lowest BCUT2D eigenvalue weighted by Crippen LogP contribution is -2.31. The molecule has 142 valence electrons. The summed E-state index contributed by atoms with van der Waals surface area (Å²) >= 11 is 5.84. The molecule has 1 fully saturated rings. The van der Waals surface area contributed by atoms with Gasteiger partial charge in [-0.15, -0.1) is 0 Å². The van der Waals surface area contributed by atoms with Gasteiger partial charge in [0.1, 0.15) is 0 Å². The second-order valence-electron chi connectivity index (χ2n) is 6.46. The summed E-state index contributed by atoms with van der Waals surface area (Å²) in [7, 11) is -3.70. The number of carbonyl (C=O) groups excluding carboxylic acids is 2. The molecule has 0 spiro atoms. The molecule has 2 aromatic carbocycles. The van der Waals surface area contributed by atoms with Crippen LogP contribution in [0, 0.1) is 5.92 Å². The standard InChI is InChI=1S/C19H19ClN2O4S/c1-13-12-27(25,26)22(19(13)24)17-4-2-3-15(11-17)18(23)21-10-9-14-5-7-16(20)8-6-14/h2-8,11,13H,9-10,12H2,1H3,(H,21,23). The van der Waals surface area contributed by atoms with Gasteiger partial charge >= 0.3 is 0 Å². The van der Waals surface area contributed by atoms with Crippen LogP contribution in [0.4, 0.5) is 5.69 Å². The lowest BCUT2D eigenvalue weighted by molar-refractivity contribution is -0.119. The summed E-state index contributed by atoms with van der Waals surface area (Å²) in [5.74, 6) is -1.62. The first-order valence-electron chi connectivity index (χ1n) is 8.47. The van der Waals surface area contributed by atoms with Gasteiger partial charge in [0.2, 0.25) is 15.9 Å². The number of sulfonamides is 1. The van der Waals surface area contributed by atoms with E-state index in [9.17, 15) is 18.0 Å². The van der Waals surface area contributed by atoms with Crippen molar-refractivity contribution in [2.45, 2.75) is 13.3 Å². The third kappa shape index (κ3) is 4.31. The Balaban J connectivity index is 1.69. The fourth-order valence-electron chi connectivity index (χ4n) is 2.93. The molecule has 0 saturated carbocycles. The second-order valence-corrected chi connectivity index (χ2v) is 8.76. The molecule has 8 heteroatoms. The maximum absolute atomic E-state index is 12.4. The van der Waals surface area contributed by atoms with E-state index in [4.69, 9.17) is 11.6 Å². The quantitative estimate of drug-likeness (QED) is 0.827. The number of anilines is 1. The minimum Gasteiger partial charge on any atom is -0.352 e. The van der Waals surface area contributed by atoms with E-state index in [1.807, 2.05) is 12.1 Å². The Morgan fingerprint density at radius 1 is 1.22 bits per heavy atom. The molecule has 2 amide bonds. The van der Waals surface area contributed by atoms with Crippen LogP contribution in [-0.2, 0) is 21.2 Å². The Morgan fingerprint density at radius 2 is 1.93 bits per heavy atom. The monoisotopic (exact) mass is 406 g/mol. The lowest BCUT2D eigenvalue weighted by Gasteiger charge is -2.16. The highest BCUT2D eigenvalue weighted by Gasteiger charge is 2.42. The molecule has 1 N–H and O–H groups in total. The summed E-state index contributed by atoms with van der Waals surface area (Å²) in [6.07, 6.45) is 0.638. The number of benzene rings is 2. The molecular formula is C19H19ClN2O4S. The Bertz CT molecular complexity index is 973. The molecule has 6 nitrogen and oxygen atoms in total. The highest BCUT2D eigenvalue weighted by molar-refractivity contribution is 7.94. The van der Waals surface area contributed by atoms with Crippen LogP contribution in [0.25, 0.3) is 0 Å². The highest BCUT2D eigenvalue weighted by atomic mass is 35.5. The number of hydrogen-bond acceptors (Lipinski definition) is 4. The minimum absolute atomic E-state index is 0.190. The number of nitrogens with one attached hydrogen (secondary N) is 1. The molecular weight excluding hydrogens is 388 g/mol. The van der Waals surface area contributed by atoms with Crippen LogP contribution >= 0.6 is 11.6 Å². The van der Waals surface area contributed by atoms with Crippen molar-refractivity contribution in [3.05, 3.63) is 64.7 Å². The Kier molecular flexibility index (Phi) is 5.53. The van der Waals surface area contributed by atoms with Gasteiger partial charge in [0.25, 0.3) is 5.91 Å². The molecule has 2 aromatic rings. The van der Waals surface area contributed by atoms with E-state index in [1.54, 1.807) is 31.2 Å². The molecule has 1 aliphatic rings. The maximum Gasteiger partial charge on any atom is 0.251 e. The molecule has 1 saturated heterocycles. The van der Waals surface area contributed by atoms with Gasteiger partial charge in [0.05, 0.1) is 17.4 Å². The fraction of sp³-hybridized carbons (Fsp3) is 0.263. The van der Waals surface area contributed by atoms with Crippen LogP contribution in [0.5, 0.6) is 0 Å². The molecule has 1 aliphatic heterocycles. The largest absolute Gasteiger partial charge is 0.352 e. The molecule has 3 rings (SSSR count). The SMILES string of the molecule is CC1CS(=O)(=O)N(c2cccc(C(=O)NCCc3ccc(Cl)cc3)c2)C1=O. The zero-order valence-corrected chi connectivity index (χ0v) is 16.3. The zero-order chi connectivity index (χ0) is 19.6. The van der Waals surface area contributed by atoms with Crippen molar-refractivity contribution >= 4 is 39.1 Å². The van der Waals surface area contributed by atoms with Crippen LogP contribution in [0.1, 0.15) is 22.8 Å². The van der Waals surface area contributed by atoms with Crippen molar-refractivity contribution in [3.63, 3.8) is 0 Å². The van der Waals surface area contributed by atoms with Crippen molar-refractivity contribution in [3.8, 4) is 0 Å². The summed E-state index contributed by atoms with van der Waals surface area (Å²) in [6, 6.07) is 13.4. The first kappa shape index (κ1) is 19.4. The van der Waals surface area contributed by atoms with Crippen molar-refractivity contribution < 1.29 is 18.0 Å². The third-order valence-electron chi connectivity index (χ3n) is 4.32. The number of carbonyl (C=O) groups is 2. The van der Waals surface area contributed by atoms with Gasteiger partial charge in [-0.05, 0) is 42.3 Å². The zero-order valence-electron chi connectivity index (χ0n) is 14.7. The summed E-state index contributed by atoms with van der Waals surface area (Å²) in [4.78, 5) is 24.6. The third-order valence-corrected chi connectivity index (χ3v) is 6.44. The van der Waals surface area contributed by atoms with Crippen LogP contribution in [0.15, 0.2) is 48.5 Å². The average Bonchev–Trinajstić information content (AvgIpc) is 2.83. The summed E-state index contributed by atoms with van der Waals surface area (Å²) < 4.78 is 25.2. The number of nitrogens with zero attached hydrogens (tertiary/aromatic N) is 1. The molecule has 0 aliphatic carbocycles. The van der Waals surface area contributed by atoms with E-state index >= 15 is 0 Å². The van der Waals surface area contributed by atoms with Gasteiger partial charge in [0, 0.05) is 17.1 Å². The molecule has 0 bridgehead atoms. The topological polar surface area (TPSA) is 83.6 Å². The van der Waals surface area contributed by atoms with Crippen molar-refractivity contribution in [2.75, 3.05) is 16.6 Å². The Morgan fingerprint density at radius 3 is 2.56 bits per heavy atom. The maximum atomic E-state index is 12.4. The van der Waals surface area contributed by atoms with Crippen LogP contribution in [-0.4, -0.2) is 32.5 Å². The average molecular weight is 407 g/mol. The fourth-order valence-corrected chi connectivity index (χ4v) is 4.87. The van der Waals surface area contributed by atoms with Crippen molar-refractivity contribution in [1.82, 2.24) is 5.32 Å². The lowest BCUT2D eigenvalue weighted by atomic mass is 10.1. The van der Waals surface area contributed by atoms with Gasteiger partial charge in [-0.25, -0.2) is 12.7 Å². The smallest absolute Gasteiger partial charge is 0.251 e. The molecule has 27 heavy (non-hydrogen) atoms. The summed E-state index contributed by atoms with van der Waals surface area (Å²) in [6.45, 7) is 2.00. The van der Waals surface area contributed by atoms with E-state index in [0.717, 1.165) is 9.87 Å². The number of rotatable bonds is 5. The van der Waals surface area contributed by atoms with E-state index in [0.29, 0.717) is 23.6 Å². The van der Waals surface area contributed by atoms with E-state index in [-0.39, 0.29) is 17.3 Å². The van der Waals surface area contributed by atoms with Crippen LogP contribution < -0.4 is 9.62 Å². The molecule has 0 radical (unpaired) electrons. The second kappa shape index (κ2) is 7.70. The molecule has 1 heterocycles. The number of hydrogen-bond donors (Lipinski definition) is 1. The van der Waals surface area contributed by atoms with Crippen molar-refractivity contribution in [2.24, 2.45) is 5.92 Å². The van der Waals surface area contributed by atoms with Gasteiger partial charge in [0.15, 0.2) is 0 Å². The first-order valence-corrected chi connectivity index (χ1v) is 10.5. The van der Waals surface area contributed by atoms with Gasteiger partial charge in [-0.1, -0.05) is 36.7 Å². The molecule has 0 aromatic heterocycles. The normalized spacial score (nSPS) is 18.5. The number of halogens is 1. The highest BCUT2D eigenvalue weighted by Crippen LogP contribution is 2.28. The first-order chi connectivity index (χ1) is 12.8. The predicted molar refractivity (Wildman–Crippen MR) is 104 cm³/mol. The predicted octanol–water partition coefficient (Wildman–Crippen LogP) is 2.63. The Labute approximate surface area is 163 Å². The van der Waals surface area contributed by atoms with Gasteiger partial charge in [-0.2, -0.15) is 0 Å². The molecule has 1 unspecified atom stereocenters. The summed E-state index contributed by atoms with van der Waals surface area (Å²) in [5, 5.41) is 3.45. The van der Waals surface area contributed by atoms with E-state index in [2.05, 4.69) is 5.32 Å². The summed E-state index contributed by atoms with van der Waals surface area (Å²) in [5.41, 5.74) is 1.53. The minimum atomic E-state index is -3.70. The van der Waals surface area contributed by atoms with Gasteiger partial charge in [-0.3, -0.25) is 9.59 Å². The number of amides is 2. The van der Waals surface area contributed by atoms with Crippen LogP contribution in [0.2, 0.25) is 5.02 Å². The van der Waals surface area contributed by atoms with Gasteiger partial charge < -0.3 is 5.32 Å². The van der Waals surface area contributed by atoms with Crippen LogP contribution in [0.3, 0.4) is 0 Å². The van der Waals surface area contributed by atoms with E-state index < -0.39 is 21.8 Å². The van der Waals surface area contributed by atoms with Crippen molar-refractivity contribution in [1.29, 1.82) is 0 Å². The Hall–Kier alpha value is -2.38. The van der Waals surface area contributed by atoms with E-state index in [1.165, 1.54) is 12.1 Å². The molecule has 1 atom stereocenters.